The molecule has 15 heteroatoms. The zero-order chi connectivity index (χ0) is 33.6. The fourth-order valence-electron chi connectivity index (χ4n) is 5.13. The second kappa shape index (κ2) is 14.5. The molecule has 1 aliphatic rings. The number of carbonyl (C=O) groups excluding carboxylic acids is 2. The first-order valence-electron chi connectivity index (χ1n) is 14.7. The van der Waals surface area contributed by atoms with Crippen LogP contribution in [0.1, 0.15) is 39.1 Å². The van der Waals surface area contributed by atoms with Gasteiger partial charge in [-0.1, -0.05) is 36.0 Å². The number of methoxy groups -OCH3 is 2. The third kappa shape index (κ3) is 7.06. The van der Waals surface area contributed by atoms with E-state index < -0.39 is 4.92 Å². The second-order valence-corrected chi connectivity index (χ2v) is 12.4. The maximum Gasteiger partial charge on any atom is 0.269 e. The highest BCUT2D eigenvalue weighted by Gasteiger charge is 2.34. The Kier molecular flexibility index (Phi) is 9.78. The number of thioether (sulfide) groups is 1. The molecule has 0 aliphatic carbocycles. The van der Waals surface area contributed by atoms with Crippen LogP contribution in [0.3, 0.4) is 0 Å². The SMILES string of the molecule is COc1ccc([C@H]2CC(c3cccs3)=NN2C(=O)CSc2nnc(CNC(=O)c3cccc(OC)c3)n2-c2ccc([N+](=O)[O-])cc2)cc1. The van der Waals surface area contributed by atoms with Gasteiger partial charge in [-0.25, -0.2) is 5.01 Å². The maximum absolute atomic E-state index is 13.8. The van der Waals surface area contributed by atoms with Crippen molar-refractivity contribution < 1.29 is 24.0 Å². The number of nitro groups is 1. The fraction of sp³-hybridized carbons (Fsp3) is 0.182. The van der Waals surface area contributed by atoms with Gasteiger partial charge in [0.1, 0.15) is 11.5 Å². The van der Waals surface area contributed by atoms with E-state index in [0.29, 0.717) is 40.2 Å². The second-order valence-electron chi connectivity index (χ2n) is 10.5. The van der Waals surface area contributed by atoms with Gasteiger partial charge < -0.3 is 14.8 Å². The molecule has 48 heavy (non-hydrogen) atoms. The van der Waals surface area contributed by atoms with Gasteiger partial charge in [-0.3, -0.25) is 24.3 Å². The molecule has 0 radical (unpaired) electrons. The maximum atomic E-state index is 13.8. The van der Waals surface area contributed by atoms with E-state index in [-0.39, 0.29) is 35.8 Å². The van der Waals surface area contributed by atoms with Crippen molar-refractivity contribution >= 4 is 46.3 Å². The number of benzene rings is 3. The summed E-state index contributed by atoms with van der Waals surface area (Å²) in [7, 11) is 3.12. The summed E-state index contributed by atoms with van der Waals surface area (Å²) in [4.78, 5) is 38.6. The summed E-state index contributed by atoms with van der Waals surface area (Å²) in [5.41, 5.74) is 2.60. The first kappa shape index (κ1) is 32.4. The van der Waals surface area contributed by atoms with Crippen LogP contribution < -0.4 is 14.8 Å². The molecular formula is C33H29N7O6S2. The Balaban J connectivity index is 1.25. The number of thiophene rings is 1. The number of nitrogens with zero attached hydrogens (tertiary/aromatic N) is 6. The van der Waals surface area contributed by atoms with Crippen LogP contribution in [0.15, 0.2) is 101 Å². The highest BCUT2D eigenvalue weighted by atomic mass is 32.2. The van der Waals surface area contributed by atoms with Crippen molar-refractivity contribution in [1.82, 2.24) is 25.1 Å². The predicted molar refractivity (Wildman–Crippen MR) is 181 cm³/mol. The van der Waals surface area contributed by atoms with Crippen molar-refractivity contribution in [2.24, 2.45) is 5.10 Å². The zero-order valence-electron chi connectivity index (χ0n) is 25.8. The number of hydrogen-bond donors (Lipinski definition) is 1. The summed E-state index contributed by atoms with van der Waals surface area (Å²) >= 11 is 2.72. The third-order valence-corrected chi connectivity index (χ3v) is 9.39. The van der Waals surface area contributed by atoms with Gasteiger partial charge in [0.05, 0.1) is 48.1 Å². The molecule has 0 saturated heterocycles. The van der Waals surface area contributed by atoms with Gasteiger partial charge in [0.15, 0.2) is 11.0 Å². The normalized spacial score (nSPS) is 14.0. The van der Waals surface area contributed by atoms with Gasteiger partial charge in [0, 0.05) is 29.8 Å². The van der Waals surface area contributed by atoms with Crippen LogP contribution in [0.25, 0.3) is 5.69 Å². The van der Waals surface area contributed by atoms with Crippen molar-refractivity contribution in [3.63, 3.8) is 0 Å². The summed E-state index contributed by atoms with van der Waals surface area (Å²) in [5, 5.41) is 31.4. The van der Waals surface area contributed by atoms with Crippen molar-refractivity contribution in [3.05, 3.63) is 122 Å². The summed E-state index contributed by atoms with van der Waals surface area (Å²) in [6.07, 6.45) is 0.555. The number of nitrogens with one attached hydrogen (secondary N) is 1. The lowest BCUT2D eigenvalue weighted by molar-refractivity contribution is -0.384. The van der Waals surface area contributed by atoms with Gasteiger partial charge in [-0.2, -0.15) is 5.10 Å². The van der Waals surface area contributed by atoms with Crippen molar-refractivity contribution in [2.75, 3.05) is 20.0 Å². The number of rotatable bonds is 12. The molecule has 3 aromatic carbocycles. The number of amides is 2. The summed E-state index contributed by atoms with van der Waals surface area (Å²) in [6, 6.07) is 23.8. The number of non-ortho nitro benzene ring substituents is 1. The van der Waals surface area contributed by atoms with Crippen LogP contribution in [0.4, 0.5) is 5.69 Å². The lowest BCUT2D eigenvalue weighted by atomic mass is 10.0. The lowest BCUT2D eigenvalue weighted by Gasteiger charge is -2.22. The standard InChI is InChI=1S/C33H29N7O6S2/c1-45-25-14-8-21(9-15-25)28-18-27(29-7-4-16-47-29)37-39(28)31(41)20-48-33-36-35-30(38(33)23-10-12-24(13-11-23)40(43)44)19-34-32(42)22-5-3-6-26(17-22)46-2/h3-17,28H,18-20H2,1-2H3,(H,34,42)/t28-/m1/s1. The topological polar surface area (TPSA) is 154 Å². The van der Waals surface area contributed by atoms with E-state index in [1.165, 1.54) is 24.3 Å². The Hall–Kier alpha value is -5.54. The van der Waals surface area contributed by atoms with Gasteiger partial charge in [0.2, 0.25) is 0 Å². The van der Waals surface area contributed by atoms with Crippen molar-refractivity contribution in [3.8, 4) is 17.2 Å². The van der Waals surface area contributed by atoms with Crippen LogP contribution >= 0.6 is 23.1 Å². The van der Waals surface area contributed by atoms with Crippen LogP contribution in [0.5, 0.6) is 11.5 Å². The molecule has 0 saturated carbocycles. The number of nitro benzene ring substituents is 1. The number of carbonyl (C=O) groups is 2. The first-order valence-corrected chi connectivity index (χ1v) is 16.5. The van der Waals surface area contributed by atoms with E-state index in [1.54, 1.807) is 59.4 Å². The lowest BCUT2D eigenvalue weighted by Crippen LogP contribution is -2.28. The first-order chi connectivity index (χ1) is 23.3. The Morgan fingerprint density at radius 1 is 1.00 bits per heavy atom. The molecule has 1 N–H and O–H groups in total. The largest absolute Gasteiger partial charge is 0.497 e. The predicted octanol–water partition coefficient (Wildman–Crippen LogP) is 5.65. The van der Waals surface area contributed by atoms with Gasteiger partial charge in [0.25, 0.3) is 17.5 Å². The zero-order valence-corrected chi connectivity index (χ0v) is 27.4. The summed E-state index contributed by atoms with van der Waals surface area (Å²) in [6.45, 7) is -0.00528. The van der Waals surface area contributed by atoms with E-state index in [4.69, 9.17) is 14.6 Å². The molecule has 0 unspecified atom stereocenters. The molecule has 13 nitrogen and oxygen atoms in total. The van der Waals surface area contributed by atoms with E-state index >= 15 is 0 Å². The quantitative estimate of drug-likeness (QED) is 0.0998. The molecule has 6 rings (SSSR count). The monoisotopic (exact) mass is 683 g/mol. The van der Waals surface area contributed by atoms with Gasteiger partial charge >= 0.3 is 0 Å². The van der Waals surface area contributed by atoms with E-state index in [9.17, 15) is 19.7 Å². The molecule has 0 spiro atoms. The molecule has 0 bridgehead atoms. The number of hydrazone groups is 1. The molecule has 2 amide bonds. The minimum absolute atomic E-state index is 0.00528. The van der Waals surface area contributed by atoms with Gasteiger partial charge in [-0.15, -0.1) is 21.5 Å². The van der Waals surface area contributed by atoms with E-state index in [0.717, 1.165) is 27.9 Å². The molecule has 0 fully saturated rings. The van der Waals surface area contributed by atoms with E-state index in [2.05, 4.69) is 15.5 Å². The van der Waals surface area contributed by atoms with E-state index in [1.807, 2.05) is 41.8 Å². The third-order valence-electron chi connectivity index (χ3n) is 7.55. The Morgan fingerprint density at radius 2 is 1.77 bits per heavy atom. The molecular weight excluding hydrogens is 655 g/mol. The molecule has 1 atom stereocenters. The highest BCUT2D eigenvalue weighted by Crippen LogP contribution is 2.35. The summed E-state index contributed by atoms with van der Waals surface area (Å²) < 4.78 is 12.2. The Morgan fingerprint density at radius 3 is 2.46 bits per heavy atom. The molecule has 1 aliphatic heterocycles. The average molecular weight is 684 g/mol. The highest BCUT2D eigenvalue weighted by molar-refractivity contribution is 7.99. The van der Waals surface area contributed by atoms with Crippen LogP contribution in [0.2, 0.25) is 0 Å². The van der Waals surface area contributed by atoms with Crippen LogP contribution in [0, 0.1) is 10.1 Å². The number of hydrogen-bond acceptors (Lipinski definition) is 11. The molecule has 244 valence electrons. The minimum Gasteiger partial charge on any atom is -0.497 e. The smallest absolute Gasteiger partial charge is 0.269 e. The van der Waals surface area contributed by atoms with Crippen LogP contribution in [-0.4, -0.2) is 62.2 Å². The Labute approximate surface area is 283 Å². The fourth-order valence-corrected chi connectivity index (χ4v) is 6.67. The van der Waals surface area contributed by atoms with Crippen LogP contribution in [-0.2, 0) is 11.3 Å². The molecule has 5 aromatic rings. The van der Waals surface area contributed by atoms with Gasteiger partial charge in [-0.05, 0) is 59.5 Å². The van der Waals surface area contributed by atoms with Crippen molar-refractivity contribution in [2.45, 2.75) is 24.2 Å². The number of aromatic nitrogens is 3. The molecule has 3 heterocycles. The Bertz CT molecular complexity index is 1960. The molecule has 2 aromatic heterocycles. The average Bonchev–Trinajstić information content (AvgIpc) is 3.90. The number of ether oxygens (including phenoxy) is 2. The van der Waals surface area contributed by atoms with Crippen molar-refractivity contribution in [1.29, 1.82) is 0 Å². The summed E-state index contributed by atoms with van der Waals surface area (Å²) in [5.74, 6) is 1.01. The minimum atomic E-state index is -0.486.